The average Bonchev–Trinajstić information content (AvgIpc) is 3.06. The zero-order valence-electron chi connectivity index (χ0n) is 17.1. The molecule has 1 aromatic heterocycles. The largest absolute Gasteiger partial charge is 0.347 e. The van der Waals surface area contributed by atoms with Gasteiger partial charge in [-0.25, -0.2) is 0 Å². The molecule has 0 amide bonds. The van der Waals surface area contributed by atoms with E-state index in [1.807, 2.05) is 0 Å². The van der Waals surface area contributed by atoms with Crippen LogP contribution in [0.4, 0.5) is 0 Å². The molecule has 156 valence electrons. The molecule has 3 nitrogen and oxygen atoms in total. The Hall–Kier alpha value is -1.32. The Bertz CT molecular complexity index is 708. The van der Waals surface area contributed by atoms with Crippen molar-refractivity contribution in [3.8, 4) is 0 Å². The van der Waals surface area contributed by atoms with E-state index in [4.69, 9.17) is 0 Å². The van der Waals surface area contributed by atoms with Gasteiger partial charge < -0.3 is 9.88 Å². The van der Waals surface area contributed by atoms with Gasteiger partial charge >= 0.3 is 0 Å². The van der Waals surface area contributed by atoms with Gasteiger partial charge in [0.05, 0.1) is 0 Å². The van der Waals surface area contributed by atoms with E-state index in [0.29, 0.717) is 0 Å². The second-order valence-corrected chi connectivity index (χ2v) is 8.85. The van der Waals surface area contributed by atoms with E-state index >= 15 is 0 Å². The van der Waals surface area contributed by atoms with E-state index in [1.54, 1.807) is 0 Å². The Labute approximate surface area is 172 Å². The molecule has 0 atom stereocenters. The summed E-state index contributed by atoms with van der Waals surface area (Å²) in [6.07, 6.45) is 12.3. The standard InChI is InChI=1S/C24H37N3.CH4/c1-2-26(16-21-12-14-25-15-13-21)18-22-19-27(17-20-8-4-3-5-9-20)24-11-7-6-10-23(22)24;/h6-7,10-11,19-21,25H,2-5,8-9,12-18H2,1H3;1H4. The highest BCUT2D eigenvalue weighted by atomic mass is 15.1. The van der Waals surface area contributed by atoms with Crippen LogP contribution in [-0.2, 0) is 13.1 Å². The number of benzene rings is 1. The highest BCUT2D eigenvalue weighted by molar-refractivity contribution is 5.83. The van der Waals surface area contributed by atoms with Crippen molar-refractivity contribution < 1.29 is 0 Å². The minimum absolute atomic E-state index is 0. The lowest BCUT2D eigenvalue weighted by molar-refractivity contribution is 0.207. The number of nitrogens with zero attached hydrogens (tertiary/aromatic N) is 2. The van der Waals surface area contributed by atoms with Crippen molar-refractivity contribution >= 4 is 10.9 Å². The number of fused-ring (bicyclic) bond motifs is 1. The lowest BCUT2D eigenvalue weighted by Gasteiger charge is -2.29. The van der Waals surface area contributed by atoms with Gasteiger partial charge in [-0.2, -0.15) is 0 Å². The predicted octanol–water partition coefficient (Wildman–Crippen LogP) is 5.68. The molecular weight excluding hydrogens is 342 g/mol. The van der Waals surface area contributed by atoms with Crippen molar-refractivity contribution in [1.82, 2.24) is 14.8 Å². The SMILES string of the molecule is C.CCN(Cc1cn(CC2CCCCC2)c2ccccc12)CC1CCNCC1. The molecule has 1 N–H and O–H groups in total. The van der Waals surface area contributed by atoms with Crippen LogP contribution in [0.3, 0.4) is 0 Å². The summed E-state index contributed by atoms with van der Waals surface area (Å²) in [5.74, 6) is 1.74. The van der Waals surface area contributed by atoms with Crippen molar-refractivity contribution in [2.75, 3.05) is 26.2 Å². The van der Waals surface area contributed by atoms with Crippen LogP contribution in [0.5, 0.6) is 0 Å². The Balaban J connectivity index is 0.00000225. The van der Waals surface area contributed by atoms with Crippen LogP contribution in [-0.4, -0.2) is 35.6 Å². The summed E-state index contributed by atoms with van der Waals surface area (Å²) in [6, 6.07) is 9.07. The Kier molecular flexibility index (Phi) is 7.99. The molecule has 1 saturated carbocycles. The fourth-order valence-electron chi connectivity index (χ4n) is 5.22. The molecule has 2 fully saturated rings. The maximum atomic E-state index is 3.50. The highest BCUT2D eigenvalue weighted by Gasteiger charge is 2.19. The van der Waals surface area contributed by atoms with Crippen LogP contribution >= 0.6 is 0 Å². The van der Waals surface area contributed by atoms with E-state index < -0.39 is 0 Å². The molecule has 1 saturated heterocycles. The van der Waals surface area contributed by atoms with E-state index in [9.17, 15) is 0 Å². The summed E-state index contributed by atoms with van der Waals surface area (Å²) in [5, 5.41) is 4.97. The second-order valence-electron chi connectivity index (χ2n) is 8.85. The molecule has 1 aromatic carbocycles. The number of rotatable bonds is 7. The number of piperidine rings is 1. The molecule has 1 aliphatic carbocycles. The third kappa shape index (κ3) is 5.18. The van der Waals surface area contributed by atoms with Crippen molar-refractivity contribution in [3.05, 3.63) is 36.0 Å². The number of aromatic nitrogens is 1. The van der Waals surface area contributed by atoms with E-state index in [2.05, 4.69) is 52.2 Å². The first-order valence-corrected chi connectivity index (χ1v) is 11.3. The van der Waals surface area contributed by atoms with E-state index in [1.165, 1.54) is 87.6 Å². The number of nitrogens with one attached hydrogen (secondary N) is 1. The number of hydrogen-bond donors (Lipinski definition) is 1. The molecule has 0 radical (unpaired) electrons. The zero-order chi connectivity index (χ0) is 18.5. The van der Waals surface area contributed by atoms with Gasteiger partial charge in [0, 0.05) is 36.7 Å². The van der Waals surface area contributed by atoms with E-state index in [0.717, 1.165) is 24.9 Å². The topological polar surface area (TPSA) is 20.2 Å². The molecule has 3 heteroatoms. The van der Waals surface area contributed by atoms with Crippen LogP contribution in [0.25, 0.3) is 10.9 Å². The summed E-state index contributed by atoms with van der Waals surface area (Å²) < 4.78 is 2.57. The second kappa shape index (κ2) is 10.5. The minimum Gasteiger partial charge on any atom is -0.347 e. The third-order valence-electron chi connectivity index (χ3n) is 6.87. The van der Waals surface area contributed by atoms with Gasteiger partial charge in [-0.3, -0.25) is 4.90 Å². The summed E-state index contributed by atoms with van der Waals surface area (Å²) >= 11 is 0. The highest BCUT2D eigenvalue weighted by Crippen LogP contribution is 2.29. The van der Waals surface area contributed by atoms with E-state index in [-0.39, 0.29) is 7.43 Å². The van der Waals surface area contributed by atoms with Crippen molar-refractivity contribution in [3.63, 3.8) is 0 Å². The maximum Gasteiger partial charge on any atom is 0.0483 e. The van der Waals surface area contributed by atoms with Gasteiger partial charge in [0.1, 0.15) is 0 Å². The van der Waals surface area contributed by atoms with Crippen LogP contribution in [0.15, 0.2) is 30.5 Å². The van der Waals surface area contributed by atoms with Gasteiger partial charge in [0.2, 0.25) is 0 Å². The normalized spacial score (nSPS) is 19.2. The zero-order valence-corrected chi connectivity index (χ0v) is 17.1. The first kappa shape index (κ1) is 21.4. The van der Waals surface area contributed by atoms with Crippen LogP contribution < -0.4 is 5.32 Å². The van der Waals surface area contributed by atoms with Crippen molar-refractivity contribution in [2.24, 2.45) is 11.8 Å². The lowest BCUT2D eigenvalue weighted by atomic mass is 9.89. The third-order valence-corrected chi connectivity index (χ3v) is 6.87. The fourth-order valence-corrected chi connectivity index (χ4v) is 5.22. The molecular formula is C25H41N3. The minimum atomic E-state index is 0. The molecule has 1 aliphatic heterocycles. The Morgan fingerprint density at radius 2 is 1.75 bits per heavy atom. The van der Waals surface area contributed by atoms with Gasteiger partial charge in [-0.1, -0.05) is 51.8 Å². The molecule has 4 rings (SSSR count). The van der Waals surface area contributed by atoms with Gasteiger partial charge in [-0.15, -0.1) is 0 Å². The summed E-state index contributed by atoms with van der Waals surface area (Å²) in [4.78, 5) is 2.67. The monoisotopic (exact) mass is 383 g/mol. The van der Waals surface area contributed by atoms with Gasteiger partial charge in [-0.05, 0) is 68.8 Å². The van der Waals surface area contributed by atoms with Crippen molar-refractivity contribution in [1.29, 1.82) is 0 Å². The molecule has 0 unspecified atom stereocenters. The summed E-state index contributed by atoms with van der Waals surface area (Å²) in [7, 11) is 0. The first-order valence-electron chi connectivity index (χ1n) is 11.3. The lowest BCUT2D eigenvalue weighted by Crippen LogP contribution is -2.35. The number of hydrogen-bond acceptors (Lipinski definition) is 2. The number of para-hydroxylation sites is 1. The van der Waals surface area contributed by atoms with Crippen LogP contribution in [0.2, 0.25) is 0 Å². The molecule has 0 bridgehead atoms. The predicted molar refractivity (Wildman–Crippen MR) is 122 cm³/mol. The average molecular weight is 384 g/mol. The van der Waals surface area contributed by atoms with Crippen LogP contribution in [0, 0.1) is 11.8 Å². The fraction of sp³-hybridized carbons (Fsp3) is 0.680. The first-order chi connectivity index (χ1) is 13.3. The molecule has 2 aliphatic rings. The van der Waals surface area contributed by atoms with Crippen LogP contribution in [0.1, 0.15) is 64.9 Å². The summed E-state index contributed by atoms with van der Waals surface area (Å²) in [5.41, 5.74) is 2.97. The Morgan fingerprint density at radius 1 is 1.00 bits per heavy atom. The molecule has 2 aromatic rings. The van der Waals surface area contributed by atoms with Gasteiger partial charge in [0.15, 0.2) is 0 Å². The summed E-state index contributed by atoms with van der Waals surface area (Å²) in [6.45, 7) is 9.42. The van der Waals surface area contributed by atoms with Gasteiger partial charge in [0.25, 0.3) is 0 Å². The maximum absolute atomic E-state index is 3.50. The smallest absolute Gasteiger partial charge is 0.0483 e. The molecule has 0 spiro atoms. The van der Waals surface area contributed by atoms with Crippen molar-refractivity contribution in [2.45, 2.75) is 72.4 Å². The molecule has 2 heterocycles. The Morgan fingerprint density at radius 3 is 2.50 bits per heavy atom. The molecule has 28 heavy (non-hydrogen) atoms. The quantitative estimate of drug-likeness (QED) is 0.664.